The van der Waals surface area contributed by atoms with E-state index in [4.69, 9.17) is 5.73 Å². The summed E-state index contributed by atoms with van der Waals surface area (Å²) >= 11 is 0. The molecule has 1 aromatic carbocycles. The van der Waals surface area contributed by atoms with Crippen LogP contribution in [0.5, 0.6) is 0 Å². The summed E-state index contributed by atoms with van der Waals surface area (Å²) in [6.07, 6.45) is 0. The molecule has 2 rings (SSSR count). The van der Waals surface area contributed by atoms with Gasteiger partial charge in [0.25, 0.3) is 0 Å². The zero-order valence-corrected chi connectivity index (χ0v) is 11.8. The minimum absolute atomic E-state index is 0.452. The molecule has 100 valence electrons. The van der Waals surface area contributed by atoms with Crippen LogP contribution in [0.25, 0.3) is 0 Å². The third kappa shape index (κ3) is 2.74. The summed E-state index contributed by atoms with van der Waals surface area (Å²) < 4.78 is 0. The van der Waals surface area contributed by atoms with Gasteiger partial charge in [-0.15, -0.1) is 0 Å². The summed E-state index contributed by atoms with van der Waals surface area (Å²) in [7, 11) is 2.18. The SMILES string of the molecule is Cc1ccccc1C(C)N1CCN(C)CC1CN. The van der Waals surface area contributed by atoms with Crippen LogP contribution in [0.3, 0.4) is 0 Å². The van der Waals surface area contributed by atoms with Gasteiger partial charge in [-0.25, -0.2) is 0 Å². The largest absolute Gasteiger partial charge is 0.329 e. The molecule has 1 heterocycles. The second kappa shape index (κ2) is 5.83. The number of likely N-dealkylation sites (N-methyl/N-ethyl adjacent to an activating group) is 1. The molecule has 3 nitrogen and oxygen atoms in total. The Morgan fingerprint density at radius 1 is 1.33 bits per heavy atom. The third-order valence-corrected chi connectivity index (χ3v) is 4.14. The molecule has 3 heteroatoms. The van der Waals surface area contributed by atoms with Crippen molar-refractivity contribution in [1.29, 1.82) is 0 Å². The molecular weight excluding hydrogens is 222 g/mol. The van der Waals surface area contributed by atoms with Gasteiger partial charge in [0.15, 0.2) is 0 Å². The fourth-order valence-electron chi connectivity index (χ4n) is 2.98. The molecule has 1 aromatic rings. The Morgan fingerprint density at radius 2 is 2.06 bits per heavy atom. The first-order chi connectivity index (χ1) is 8.63. The zero-order valence-electron chi connectivity index (χ0n) is 11.8. The second-order valence-corrected chi connectivity index (χ2v) is 5.42. The highest BCUT2D eigenvalue weighted by molar-refractivity contribution is 5.28. The third-order valence-electron chi connectivity index (χ3n) is 4.14. The highest BCUT2D eigenvalue weighted by Gasteiger charge is 2.28. The van der Waals surface area contributed by atoms with Crippen LogP contribution in [0.1, 0.15) is 24.1 Å². The van der Waals surface area contributed by atoms with E-state index in [2.05, 4.69) is 55.0 Å². The summed E-state index contributed by atoms with van der Waals surface area (Å²) in [4.78, 5) is 4.93. The van der Waals surface area contributed by atoms with Crippen molar-refractivity contribution in [2.75, 3.05) is 33.2 Å². The predicted molar refractivity (Wildman–Crippen MR) is 76.6 cm³/mol. The maximum atomic E-state index is 5.94. The Bertz CT molecular complexity index is 391. The van der Waals surface area contributed by atoms with Crippen LogP contribution < -0.4 is 5.73 Å². The molecule has 0 radical (unpaired) electrons. The van der Waals surface area contributed by atoms with E-state index in [9.17, 15) is 0 Å². The van der Waals surface area contributed by atoms with Gasteiger partial charge in [0, 0.05) is 38.3 Å². The van der Waals surface area contributed by atoms with Gasteiger partial charge in [-0.05, 0) is 32.0 Å². The molecule has 0 bridgehead atoms. The molecular formula is C15H25N3. The van der Waals surface area contributed by atoms with Gasteiger partial charge in [0.05, 0.1) is 0 Å². The van der Waals surface area contributed by atoms with Crippen LogP contribution in [0.4, 0.5) is 0 Å². The number of nitrogens with zero attached hydrogens (tertiary/aromatic N) is 2. The molecule has 0 spiro atoms. The smallest absolute Gasteiger partial charge is 0.0352 e. The molecule has 18 heavy (non-hydrogen) atoms. The van der Waals surface area contributed by atoms with Crippen LogP contribution in [0.15, 0.2) is 24.3 Å². The van der Waals surface area contributed by atoms with E-state index in [0.717, 1.165) is 26.2 Å². The van der Waals surface area contributed by atoms with Crippen molar-refractivity contribution in [3.63, 3.8) is 0 Å². The van der Waals surface area contributed by atoms with Crippen molar-refractivity contribution >= 4 is 0 Å². The second-order valence-electron chi connectivity index (χ2n) is 5.42. The van der Waals surface area contributed by atoms with Crippen molar-refractivity contribution < 1.29 is 0 Å². The van der Waals surface area contributed by atoms with Gasteiger partial charge in [-0.2, -0.15) is 0 Å². The van der Waals surface area contributed by atoms with Crippen LogP contribution >= 0.6 is 0 Å². The Kier molecular flexibility index (Phi) is 4.38. The fraction of sp³-hybridized carbons (Fsp3) is 0.600. The van der Waals surface area contributed by atoms with E-state index in [1.165, 1.54) is 11.1 Å². The standard InChI is InChI=1S/C15H25N3/c1-12-6-4-5-7-15(12)13(2)18-9-8-17(3)11-14(18)10-16/h4-7,13-14H,8-11,16H2,1-3H3. The topological polar surface area (TPSA) is 32.5 Å². The highest BCUT2D eigenvalue weighted by atomic mass is 15.3. The summed E-state index contributed by atoms with van der Waals surface area (Å²) in [5.74, 6) is 0. The molecule has 1 fully saturated rings. The van der Waals surface area contributed by atoms with E-state index >= 15 is 0 Å². The van der Waals surface area contributed by atoms with E-state index in [1.807, 2.05) is 0 Å². The lowest BCUT2D eigenvalue weighted by molar-refractivity contribution is 0.0619. The van der Waals surface area contributed by atoms with Gasteiger partial charge >= 0.3 is 0 Å². The van der Waals surface area contributed by atoms with Crippen molar-refractivity contribution in [1.82, 2.24) is 9.80 Å². The van der Waals surface area contributed by atoms with E-state index in [-0.39, 0.29) is 0 Å². The lowest BCUT2D eigenvalue weighted by Gasteiger charge is -2.43. The van der Waals surface area contributed by atoms with Crippen LogP contribution in [0, 0.1) is 6.92 Å². The Labute approximate surface area is 111 Å². The molecule has 1 aliphatic rings. The van der Waals surface area contributed by atoms with Gasteiger partial charge in [-0.1, -0.05) is 24.3 Å². The summed E-state index contributed by atoms with van der Waals surface area (Å²) in [5.41, 5.74) is 8.75. The number of hydrogen-bond donors (Lipinski definition) is 1. The number of hydrogen-bond acceptors (Lipinski definition) is 3. The van der Waals surface area contributed by atoms with Crippen molar-refractivity contribution in [2.45, 2.75) is 25.9 Å². The number of nitrogens with two attached hydrogens (primary N) is 1. The summed E-state index contributed by atoms with van der Waals surface area (Å²) in [5, 5.41) is 0. The lowest BCUT2D eigenvalue weighted by Crippen LogP contribution is -2.55. The minimum Gasteiger partial charge on any atom is -0.329 e. The van der Waals surface area contributed by atoms with Crippen molar-refractivity contribution in [3.8, 4) is 0 Å². The van der Waals surface area contributed by atoms with Crippen molar-refractivity contribution in [2.24, 2.45) is 5.73 Å². The number of aryl methyl sites for hydroxylation is 1. The quantitative estimate of drug-likeness (QED) is 0.881. The zero-order chi connectivity index (χ0) is 13.1. The average molecular weight is 247 g/mol. The first kappa shape index (κ1) is 13.5. The number of benzene rings is 1. The highest BCUT2D eigenvalue weighted by Crippen LogP contribution is 2.26. The van der Waals surface area contributed by atoms with E-state index in [0.29, 0.717) is 12.1 Å². The minimum atomic E-state index is 0.452. The van der Waals surface area contributed by atoms with Gasteiger partial charge in [0.1, 0.15) is 0 Å². The maximum absolute atomic E-state index is 5.94. The Balaban J connectivity index is 2.17. The van der Waals surface area contributed by atoms with Gasteiger partial charge in [-0.3, -0.25) is 4.90 Å². The van der Waals surface area contributed by atoms with Gasteiger partial charge in [0.2, 0.25) is 0 Å². The molecule has 0 saturated carbocycles. The van der Waals surface area contributed by atoms with E-state index < -0.39 is 0 Å². The predicted octanol–water partition coefficient (Wildman–Crippen LogP) is 1.63. The Hall–Kier alpha value is -0.900. The first-order valence-corrected chi connectivity index (χ1v) is 6.83. The van der Waals surface area contributed by atoms with Crippen LogP contribution in [-0.4, -0.2) is 49.1 Å². The monoisotopic (exact) mass is 247 g/mol. The van der Waals surface area contributed by atoms with Gasteiger partial charge < -0.3 is 10.6 Å². The average Bonchev–Trinajstić information content (AvgIpc) is 2.38. The van der Waals surface area contributed by atoms with E-state index in [1.54, 1.807) is 0 Å². The summed E-state index contributed by atoms with van der Waals surface area (Å²) in [6.45, 7) is 8.55. The Morgan fingerprint density at radius 3 is 2.72 bits per heavy atom. The number of piperazine rings is 1. The molecule has 0 amide bonds. The normalized spacial score (nSPS) is 24.1. The first-order valence-electron chi connectivity index (χ1n) is 6.83. The fourth-order valence-corrected chi connectivity index (χ4v) is 2.98. The molecule has 1 saturated heterocycles. The molecule has 1 aliphatic heterocycles. The molecule has 2 atom stereocenters. The van der Waals surface area contributed by atoms with Crippen LogP contribution in [-0.2, 0) is 0 Å². The van der Waals surface area contributed by atoms with Crippen molar-refractivity contribution in [3.05, 3.63) is 35.4 Å². The number of rotatable bonds is 3. The molecule has 2 N–H and O–H groups in total. The maximum Gasteiger partial charge on any atom is 0.0352 e. The summed E-state index contributed by atoms with van der Waals surface area (Å²) in [6, 6.07) is 9.60. The molecule has 2 unspecified atom stereocenters. The lowest BCUT2D eigenvalue weighted by atomic mass is 9.99. The molecule has 0 aromatic heterocycles. The molecule has 0 aliphatic carbocycles. The van der Waals surface area contributed by atoms with Crippen LogP contribution in [0.2, 0.25) is 0 Å².